The van der Waals surface area contributed by atoms with Crippen LogP contribution in [0.4, 0.5) is 5.69 Å². The van der Waals surface area contributed by atoms with Gasteiger partial charge in [0.15, 0.2) is 11.5 Å². The van der Waals surface area contributed by atoms with Gasteiger partial charge in [-0.1, -0.05) is 47.5 Å². The maximum absolute atomic E-state index is 12.1. The van der Waals surface area contributed by atoms with E-state index >= 15 is 0 Å². The molecule has 0 fully saturated rings. The van der Waals surface area contributed by atoms with Crippen molar-refractivity contribution in [1.82, 2.24) is 5.43 Å². The van der Waals surface area contributed by atoms with Crippen molar-refractivity contribution in [2.75, 3.05) is 12.4 Å². The predicted molar refractivity (Wildman–Crippen MR) is 138 cm³/mol. The lowest BCUT2D eigenvalue weighted by molar-refractivity contribution is -0.124. The van der Waals surface area contributed by atoms with Gasteiger partial charge in [0, 0.05) is 23.6 Å². The van der Waals surface area contributed by atoms with E-state index in [1.54, 1.807) is 31.4 Å². The van der Waals surface area contributed by atoms with Crippen LogP contribution in [-0.2, 0) is 16.2 Å². The zero-order valence-electron chi connectivity index (χ0n) is 19.9. The predicted octanol–water partition coefficient (Wildman–Crippen LogP) is 5.41. The number of nitrogens with one attached hydrogen (secondary N) is 2. The molecular formula is C27H28ClN3O4. The number of hydrogen-bond acceptors (Lipinski definition) is 5. The number of hydrazone groups is 1. The number of aryl methyl sites for hydroxylation is 2. The lowest BCUT2D eigenvalue weighted by Gasteiger charge is -2.11. The number of nitrogens with zero attached hydrogens (tertiary/aromatic N) is 1. The van der Waals surface area contributed by atoms with E-state index in [2.05, 4.69) is 15.8 Å². The van der Waals surface area contributed by atoms with Gasteiger partial charge in [-0.25, -0.2) is 5.43 Å². The first-order chi connectivity index (χ1) is 16.8. The van der Waals surface area contributed by atoms with E-state index in [0.717, 1.165) is 16.7 Å². The Labute approximate surface area is 210 Å². The van der Waals surface area contributed by atoms with E-state index in [1.807, 2.05) is 50.2 Å². The van der Waals surface area contributed by atoms with Crippen molar-refractivity contribution in [1.29, 1.82) is 0 Å². The summed E-state index contributed by atoms with van der Waals surface area (Å²) < 4.78 is 11.3. The third-order valence-corrected chi connectivity index (χ3v) is 5.55. The minimum Gasteiger partial charge on any atom is -0.493 e. The summed E-state index contributed by atoms with van der Waals surface area (Å²) in [4.78, 5) is 24.1. The minimum absolute atomic E-state index is 0.00211. The quantitative estimate of drug-likeness (QED) is 0.292. The van der Waals surface area contributed by atoms with Crippen LogP contribution in [0.15, 0.2) is 65.8 Å². The standard InChI is InChI=1S/C27H28ClN3O4/c1-18-4-7-20(8-5-18)17-35-24-11-9-21(14-25(24)34-3)16-29-31-27(33)13-12-26(32)30-22-10-6-19(2)23(28)15-22/h4-11,14-16H,12-13,17H2,1-3H3,(H,30,32)(H,31,33). The van der Waals surface area contributed by atoms with Crippen molar-refractivity contribution >= 4 is 35.3 Å². The van der Waals surface area contributed by atoms with E-state index in [-0.39, 0.29) is 24.7 Å². The van der Waals surface area contributed by atoms with Crippen LogP contribution in [0.5, 0.6) is 11.5 Å². The van der Waals surface area contributed by atoms with Crippen molar-refractivity contribution in [3.05, 3.63) is 87.9 Å². The Balaban J connectivity index is 1.46. The molecule has 0 aromatic heterocycles. The molecule has 0 aliphatic rings. The zero-order chi connectivity index (χ0) is 25.2. The molecule has 0 saturated carbocycles. The van der Waals surface area contributed by atoms with E-state index in [0.29, 0.717) is 28.8 Å². The number of hydrogen-bond donors (Lipinski definition) is 2. The van der Waals surface area contributed by atoms with Crippen LogP contribution in [0.3, 0.4) is 0 Å². The highest BCUT2D eigenvalue weighted by Gasteiger charge is 2.09. The van der Waals surface area contributed by atoms with E-state index in [1.165, 1.54) is 11.8 Å². The molecule has 0 spiro atoms. The van der Waals surface area contributed by atoms with Gasteiger partial charge in [0.2, 0.25) is 11.8 Å². The number of benzene rings is 3. The van der Waals surface area contributed by atoms with Crippen molar-refractivity contribution < 1.29 is 19.1 Å². The number of ether oxygens (including phenoxy) is 2. The third-order valence-electron chi connectivity index (χ3n) is 5.14. The molecule has 2 amide bonds. The molecule has 0 radical (unpaired) electrons. The average Bonchev–Trinajstić information content (AvgIpc) is 2.85. The Kier molecular flexibility index (Phi) is 9.26. The molecule has 8 heteroatoms. The molecular weight excluding hydrogens is 466 g/mol. The largest absolute Gasteiger partial charge is 0.493 e. The lowest BCUT2D eigenvalue weighted by Crippen LogP contribution is -2.20. The number of carbonyl (C=O) groups is 2. The summed E-state index contributed by atoms with van der Waals surface area (Å²) in [6, 6.07) is 18.7. The van der Waals surface area contributed by atoms with E-state index in [4.69, 9.17) is 21.1 Å². The van der Waals surface area contributed by atoms with Gasteiger partial charge in [0.05, 0.1) is 13.3 Å². The highest BCUT2D eigenvalue weighted by Crippen LogP contribution is 2.28. The number of amides is 2. The third kappa shape index (κ3) is 8.15. The molecule has 2 N–H and O–H groups in total. The van der Waals surface area contributed by atoms with Crippen molar-refractivity contribution in [3.63, 3.8) is 0 Å². The monoisotopic (exact) mass is 493 g/mol. The highest BCUT2D eigenvalue weighted by molar-refractivity contribution is 6.31. The summed E-state index contributed by atoms with van der Waals surface area (Å²) in [5, 5.41) is 7.25. The van der Waals surface area contributed by atoms with Crippen molar-refractivity contribution in [2.45, 2.75) is 33.3 Å². The maximum Gasteiger partial charge on any atom is 0.240 e. The number of methoxy groups -OCH3 is 1. The first-order valence-corrected chi connectivity index (χ1v) is 11.5. The molecule has 0 saturated heterocycles. The Morgan fingerprint density at radius 3 is 2.40 bits per heavy atom. The van der Waals surface area contributed by atoms with Crippen LogP contribution in [0, 0.1) is 13.8 Å². The van der Waals surface area contributed by atoms with Crippen LogP contribution in [0.2, 0.25) is 5.02 Å². The molecule has 0 unspecified atom stereocenters. The Hall–Kier alpha value is -3.84. The Morgan fingerprint density at radius 1 is 0.943 bits per heavy atom. The second-order valence-corrected chi connectivity index (χ2v) is 8.40. The fourth-order valence-corrected chi connectivity index (χ4v) is 3.27. The highest BCUT2D eigenvalue weighted by atomic mass is 35.5. The smallest absolute Gasteiger partial charge is 0.240 e. The molecule has 7 nitrogen and oxygen atoms in total. The zero-order valence-corrected chi connectivity index (χ0v) is 20.7. The summed E-state index contributed by atoms with van der Waals surface area (Å²) in [5.41, 5.74) is 6.91. The lowest BCUT2D eigenvalue weighted by atomic mass is 10.2. The fraction of sp³-hybridized carbons (Fsp3) is 0.222. The number of carbonyl (C=O) groups excluding carboxylic acids is 2. The first kappa shape index (κ1) is 25.8. The van der Waals surface area contributed by atoms with Crippen molar-refractivity contribution in [3.8, 4) is 11.5 Å². The van der Waals surface area contributed by atoms with Crippen LogP contribution >= 0.6 is 11.6 Å². The molecule has 0 atom stereocenters. The van der Waals surface area contributed by atoms with Gasteiger partial charge < -0.3 is 14.8 Å². The van der Waals surface area contributed by atoms with Gasteiger partial charge in [-0.3, -0.25) is 9.59 Å². The Morgan fingerprint density at radius 2 is 1.69 bits per heavy atom. The van der Waals surface area contributed by atoms with E-state index < -0.39 is 0 Å². The molecule has 0 bridgehead atoms. The van der Waals surface area contributed by atoms with E-state index in [9.17, 15) is 9.59 Å². The SMILES string of the molecule is COc1cc(C=NNC(=O)CCC(=O)Nc2ccc(C)c(Cl)c2)ccc1OCc1ccc(C)cc1. The topological polar surface area (TPSA) is 89.0 Å². The normalized spacial score (nSPS) is 10.7. The van der Waals surface area contributed by atoms with Gasteiger partial charge in [-0.05, 0) is 60.9 Å². The molecule has 3 aromatic rings. The van der Waals surface area contributed by atoms with Crippen LogP contribution in [0.1, 0.15) is 35.1 Å². The van der Waals surface area contributed by atoms with Crippen LogP contribution in [0.25, 0.3) is 0 Å². The van der Waals surface area contributed by atoms with Gasteiger partial charge in [-0.15, -0.1) is 0 Å². The summed E-state index contributed by atoms with van der Waals surface area (Å²) in [5.74, 6) is 0.508. The van der Waals surface area contributed by atoms with Gasteiger partial charge >= 0.3 is 0 Å². The average molecular weight is 494 g/mol. The van der Waals surface area contributed by atoms with Crippen LogP contribution < -0.4 is 20.2 Å². The van der Waals surface area contributed by atoms with Gasteiger partial charge in [0.25, 0.3) is 0 Å². The number of rotatable bonds is 10. The number of halogens is 1. The molecule has 3 aromatic carbocycles. The molecule has 3 rings (SSSR count). The summed E-state index contributed by atoms with van der Waals surface area (Å²) in [6.07, 6.45) is 1.52. The molecule has 0 aliphatic heterocycles. The molecule has 182 valence electrons. The Bertz CT molecular complexity index is 1210. The fourth-order valence-electron chi connectivity index (χ4n) is 3.08. The van der Waals surface area contributed by atoms with Crippen molar-refractivity contribution in [2.24, 2.45) is 5.10 Å². The second kappa shape index (κ2) is 12.6. The summed E-state index contributed by atoms with van der Waals surface area (Å²) >= 11 is 6.06. The van der Waals surface area contributed by atoms with Gasteiger partial charge in [-0.2, -0.15) is 5.10 Å². The molecule has 0 aliphatic carbocycles. The maximum atomic E-state index is 12.1. The molecule has 35 heavy (non-hydrogen) atoms. The minimum atomic E-state index is -0.372. The van der Waals surface area contributed by atoms with Gasteiger partial charge in [0.1, 0.15) is 6.61 Å². The summed E-state index contributed by atoms with van der Waals surface area (Å²) in [6.45, 7) is 4.34. The first-order valence-electron chi connectivity index (χ1n) is 11.1. The second-order valence-electron chi connectivity index (χ2n) is 7.99. The number of anilines is 1. The summed E-state index contributed by atoms with van der Waals surface area (Å²) in [7, 11) is 1.56. The van der Waals surface area contributed by atoms with Crippen LogP contribution in [-0.4, -0.2) is 25.1 Å². The molecule has 0 heterocycles.